The summed E-state index contributed by atoms with van der Waals surface area (Å²) in [7, 11) is 0. The lowest BCUT2D eigenvalue weighted by Gasteiger charge is -2.03. The summed E-state index contributed by atoms with van der Waals surface area (Å²) in [4.78, 5) is 4.01. The maximum atomic E-state index is 7.39. The Morgan fingerprint density at radius 3 is 2.59 bits per heavy atom. The summed E-state index contributed by atoms with van der Waals surface area (Å²) in [5.74, 6) is 0.322. The van der Waals surface area contributed by atoms with E-state index in [1.54, 1.807) is 6.21 Å². The van der Waals surface area contributed by atoms with Gasteiger partial charge in [-0.3, -0.25) is 5.41 Å². The average Bonchev–Trinajstić information content (AvgIpc) is 2.35. The fraction of sp³-hybridized carbons (Fsp3) is 0.143. The fourth-order valence-corrected chi connectivity index (χ4v) is 1.76. The molecular formula is C14H13ClN2. The van der Waals surface area contributed by atoms with Crippen LogP contribution in [0.15, 0.2) is 41.4 Å². The molecule has 0 amide bonds. The van der Waals surface area contributed by atoms with Gasteiger partial charge >= 0.3 is 0 Å². The van der Waals surface area contributed by atoms with Crippen LogP contribution >= 0.6 is 11.6 Å². The minimum absolute atomic E-state index is 0.142. The molecule has 0 saturated heterocycles. The Morgan fingerprint density at radius 1 is 1.29 bits per heavy atom. The van der Waals surface area contributed by atoms with Crippen molar-refractivity contribution in [3.05, 3.63) is 47.5 Å². The predicted molar refractivity (Wildman–Crippen MR) is 74.7 cm³/mol. The highest BCUT2D eigenvalue weighted by Gasteiger charge is 1.99. The Morgan fingerprint density at radius 2 is 1.94 bits per heavy atom. The molecule has 0 unspecified atom stereocenters. The SMILES string of the molecule is Cc1cc2ccccc2cc1C=NC(=N)CCl. The Balaban J connectivity index is 2.44. The lowest BCUT2D eigenvalue weighted by Crippen LogP contribution is -1.95. The quantitative estimate of drug-likeness (QED) is 0.474. The molecule has 0 atom stereocenters. The second-order valence-electron chi connectivity index (χ2n) is 3.89. The second kappa shape index (κ2) is 5.11. The molecule has 1 N–H and O–H groups in total. The van der Waals surface area contributed by atoms with E-state index in [2.05, 4.69) is 29.3 Å². The zero-order valence-electron chi connectivity index (χ0n) is 9.57. The van der Waals surface area contributed by atoms with E-state index in [0.717, 1.165) is 11.1 Å². The molecule has 0 spiro atoms. The summed E-state index contributed by atoms with van der Waals surface area (Å²) < 4.78 is 0. The third kappa shape index (κ3) is 2.71. The van der Waals surface area contributed by atoms with Crippen LogP contribution < -0.4 is 0 Å². The standard InChI is InChI=1S/C14H13ClN2/c1-10-6-11-4-2-3-5-12(11)7-13(10)9-17-14(16)8-15/h2-7,9,16H,8H2,1H3. The van der Waals surface area contributed by atoms with Crippen molar-refractivity contribution in [1.82, 2.24) is 0 Å². The van der Waals surface area contributed by atoms with Crippen molar-refractivity contribution in [3.63, 3.8) is 0 Å². The molecule has 3 heteroatoms. The van der Waals surface area contributed by atoms with Gasteiger partial charge in [-0.15, -0.1) is 11.6 Å². The first-order valence-corrected chi connectivity index (χ1v) is 5.91. The van der Waals surface area contributed by atoms with Crippen molar-refractivity contribution in [3.8, 4) is 0 Å². The van der Waals surface area contributed by atoms with Crippen LogP contribution in [0.25, 0.3) is 10.8 Å². The maximum Gasteiger partial charge on any atom is 0.135 e. The van der Waals surface area contributed by atoms with E-state index in [9.17, 15) is 0 Å². The largest absolute Gasteiger partial charge is 0.286 e. The maximum absolute atomic E-state index is 7.39. The highest BCUT2D eigenvalue weighted by Crippen LogP contribution is 2.18. The van der Waals surface area contributed by atoms with E-state index in [-0.39, 0.29) is 11.7 Å². The van der Waals surface area contributed by atoms with Crippen molar-refractivity contribution >= 4 is 34.4 Å². The number of nitrogens with one attached hydrogen (secondary N) is 1. The third-order valence-electron chi connectivity index (χ3n) is 2.62. The van der Waals surface area contributed by atoms with Crippen molar-refractivity contribution < 1.29 is 0 Å². The molecule has 0 aromatic heterocycles. The smallest absolute Gasteiger partial charge is 0.135 e. The Labute approximate surface area is 105 Å². The van der Waals surface area contributed by atoms with Crippen molar-refractivity contribution in [2.75, 3.05) is 5.88 Å². The van der Waals surface area contributed by atoms with Crippen molar-refractivity contribution in [1.29, 1.82) is 5.41 Å². The molecule has 86 valence electrons. The fourth-order valence-electron chi connectivity index (χ4n) is 1.69. The number of aliphatic imine (C=N–C) groups is 1. The van der Waals surface area contributed by atoms with Crippen LogP contribution in [-0.4, -0.2) is 17.9 Å². The summed E-state index contributed by atoms with van der Waals surface area (Å²) in [6.07, 6.45) is 1.70. The zero-order chi connectivity index (χ0) is 12.3. The average molecular weight is 245 g/mol. The first kappa shape index (κ1) is 11.8. The molecule has 2 aromatic carbocycles. The molecule has 2 aromatic rings. The van der Waals surface area contributed by atoms with Crippen LogP contribution in [0.5, 0.6) is 0 Å². The van der Waals surface area contributed by atoms with Gasteiger partial charge in [0, 0.05) is 6.21 Å². The van der Waals surface area contributed by atoms with Gasteiger partial charge < -0.3 is 0 Å². The predicted octanol–water partition coefficient (Wildman–Crippen LogP) is 3.78. The molecule has 0 bridgehead atoms. The van der Waals surface area contributed by atoms with Crippen LogP contribution in [0.2, 0.25) is 0 Å². The number of hydrogen-bond acceptors (Lipinski definition) is 1. The number of alkyl halides is 1. The number of benzene rings is 2. The highest BCUT2D eigenvalue weighted by atomic mass is 35.5. The summed E-state index contributed by atoms with van der Waals surface area (Å²) >= 11 is 5.51. The zero-order valence-corrected chi connectivity index (χ0v) is 10.3. The van der Waals surface area contributed by atoms with Gasteiger partial charge in [0.1, 0.15) is 5.84 Å². The van der Waals surface area contributed by atoms with Crippen LogP contribution in [0.1, 0.15) is 11.1 Å². The van der Waals surface area contributed by atoms with E-state index in [0.29, 0.717) is 0 Å². The number of nitrogens with zero attached hydrogens (tertiary/aromatic N) is 1. The van der Waals surface area contributed by atoms with Gasteiger partial charge in [-0.05, 0) is 34.9 Å². The van der Waals surface area contributed by atoms with Crippen LogP contribution in [-0.2, 0) is 0 Å². The molecule has 0 radical (unpaired) electrons. The molecule has 0 fully saturated rings. The van der Waals surface area contributed by atoms with E-state index in [1.807, 2.05) is 19.1 Å². The molecule has 2 nitrogen and oxygen atoms in total. The topological polar surface area (TPSA) is 36.2 Å². The van der Waals surface area contributed by atoms with E-state index in [1.165, 1.54) is 10.8 Å². The number of hydrogen-bond donors (Lipinski definition) is 1. The first-order chi connectivity index (χ1) is 8.20. The van der Waals surface area contributed by atoms with Gasteiger partial charge in [0.2, 0.25) is 0 Å². The lowest BCUT2D eigenvalue weighted by atomic mass is 10.0. The summed E-state index contributed by atoms with van der Waals surface area (Å²) in [6.45, 7) is 2.04. The molecule has 0 aliphatic rings. The van der Waals surface area contributed by atoms with E-state index >= 15 is 0 Å². The van der Waals surface area contributed by atoms with E-state index in [4.69, 9.17) is 17.0 Å². The minimum atomic E-state index is 0.142. The summed E-state index contributed by atoms with van der Waals surface area (Å²) in [6, 6.07) is 12.4. The number of halogens is 1. The van der Waals surface area contributed by atoms with Gasteiger partial charge in [-0.25, -0.2) is 4.99 Å². The summed E-state index contributed by atoms with van der Waals surface area (Å²) in [5.41, 5.74) is 2.17. The minimum Gasteiger partial charge on any atom is -0.286 e. The number of rotatable bonds is 2. The monoisotopic (exact) mass is 244 g/mol. The number of amidine groups is 1. The third-order valence-corrected chi connectivity index (χ3v) is 2.87. The molecule has 0 heterocycles. The van der Waals surface area contributed by atoms with Crippen molar-refractivity contribution in [2.45, 2.75) is 6.92 Å². The molecule has 0 saturated carbocycles. The van der Waals surface area contributed by atoms with Crippen molar-refractivity contribution in [2.24, 2.45) is 4.99 Å². The normalized spacial score (nSPS) is 11.2. The van der Waals surface area contributed by atoms with Gasteiger partial charge in [0.15, 0.2) is 0 Å². The van der Waals surface area contributed by atoms with Gasteiger partial charge in [0.25, 0.3) is 0 Å². The molecular weight excluding hydrogens is 232 g/mol. The van der Waals surface area contributed by atoms with Gasteiger partial charge in [0.05, 0.1) is 5.88 Å². The number of aryl methyl sites for hydroxylation is 1. The number of fused-ring (bicyclic) bond motifs is 1. The Hall–Kier alpha value is -1.67. The Kier molecular flexibility index (Phi) is 3.55. The molecule has 2 rings (SSSR count). The Bertz CT molecular complexity index is 588. The summed E-state index contributed by atoms with van der Waals surface area (Å²) in [5, 5.41) is 9.79. The van der Waals surface area contributed by atoms with Crippen LogP contribution in [0.4, 0.5) is 0 Å². The van der Waals surface area contributed by atoms with E-state index < -0.39 is 0 Å². The first-order valence-electron chi connectivity index (χ1n) is 5.37. The highest BCUT2D eigenvalue weighted by molar-refractivity contribution is 6.28. The van der Waals surface area contributed by atoms with Gasteiger partial charge in [-0.1, -0.05) is 30.3 Å². The van der Waals surface area contributed by atoms with Crippen LogP contribution in [0.3, 0.4) is 0 Å². The molecule has 17 heavy (non-hydrogen) atoms. The molecule has 0 aliphatic carbocycles. The lowest BCUT2D eigenvalue weighted by molar-refractivity contribution is 1.41. The van der Waals surface area contributed by atoms with Gasteiger partial charge in [-0.2, -0.15) is 0 Å². The second-order valence-corrected chi connectivity index (χ2v) is 4.16. The van der Waals surface area contributed by atoms with Crippen LogP contribution in [0, 0.1) is 12.3 Å². The molecule has 0 aliphatic heterocycles.